The Bertz CT molecular complexity index is 221. The number of hydrogen-bond acceptors (Lipinski definition) is 2. The standard InChI is InChI=1S/C8H14ClN3/c1-3-5-7-8(9)12(6-4-2)11-10-7/h3-6H2,1-2H3. The van der Waals surface area contributed by atoms with E-state index in [1.165, 1.54) is 0 Å². The molecule has 1 aromatic rings. The second kappa shape index (κ2) is 4.45. The highest BCUT2D eigenvalue weighted by Crippen LogP contribution is 2.14. The van der Waals surface area contributed by atoms with E-state index in [1.54, 1.807) is 4.68 Å². The van der Waals surface area contributed by atoms with Crippen molar-refractivity contribution in [2.75, 3.05) is 0 Å². The Morgan fingerprint density at radius 1 is 1.33 bits per heavy atom. The normalized spacial score (nSPS) is 10.6. The van der Waals surface area contributed by atoms with Crippen molar-refractivity contribution in [3.05, 3.63) is 10.8 Å². The lowest BCUT2D eigenvalue weighted by molar-refractivity contribution is 0.579. The summed E-state index contributed by atoms with van der Waals surface area (Å²) in [6.45, 7) is 5.06. The van der Waals surface area contributed by atoms with Gasteiger partial charge >= 0.3 is 0 Å². The molecule has 0 aliphatic heterocycles. The van der Waals surface area contributed by atoms with Gasteiger partial charge in [-0.1, -0.05) is 37.1 Å². The Morgan fingerprint density at radius 3 is 2.67 bits per heavy atom. The van der Waals surface area contributed by atoms with Crippen LogP contribution in [0.4, 0.5) is 0 Å². The molecule has 0 radical (unpaired) electrons. The van der Waals surface area contributed by atoms with Crippen molar-refractivity contribution >= 4 is 11.6 Å². The maximum absolute atomic E-state index is 6.02. The number of hydrogen-bond donors (Lipinski definition) is 0. The Hall–Kier alpha value is -0.570. The third-order valence-corrected chi connectivity index (χ3v) is 2.07. The number of rotatable bonds is 4. The lowest BCUT2D eigenvalue weighted by atomic mass is 10.3. The fourth-order valence-electron chi connectivity index (χ4n) is 1.08. The van der Waals surface area contributed by atoms with E-state index < -0.39 is 0 Å². The van der Waals surface area contributed by atoms with Crippen LogP contribution in [0, 0.1) is 0 Å². The molecule has 1 heterocycles. The Labute approximate surface area is 77.7 Å². The first kappa shape index (κ1) is 9.52. The highest BCUT2D eigenvalue weighted by molar-refractivity contribution is 6.30. The van der Waals surface area contributed by atoms with Crippen LogP contribution in [0.25, 0.3) is 0 Å². The number of aromatic nitrogens is 3. The molecule has 0 fully saturated rings. The lowest BCUT2D eigenvalue weighted by Crippen LogP contribution is -1.98. The third-order valence-electron chi connectivity index (χ3n) is 1.66. The predicted molar refractivity (Wildman–Crippen MR) is 49.3 cm³/mol. The monoisotopic (exact) mass is 187 g/mol. The average molecular weight is 188 g/mol. The third kappa shape index (κ3) is 1.97. The summed E-state index contributed by atoms with van der Waals surface area (Å²) in [5.74, 6) is 0. The van der Waals surface area contributed by atoms with Gasteiger partial charge in [0, 0.05) is 6.54 Å². The van der Waals surface area contributed by atoms with Crippen LogP contribution >= 0.6 is 11.6 Å². The second-order valence-corrected chi connectivity index (χ2v) is 3.16. The summed E-state index contributed by atoms with van der Waals surface area (Å²) < 4.78 is 1.76. The zero-order chi connectivity index (χ0) is 8.97. The van der Waals surface area contributed by atoms with E-state index in [4.69, 9.17) is 11.6 Å². The smallest absolute Gasteiger partial charge is 0.150 e. The van der Waals surface area contributed by atoms with E-state index in [-0.39, 0.29) is 0 Å². The minimum absolute atomic E-state index is 0.707. The topological polar surface area (TPSA) is 30.7 Å². The van der Waals surface area contributed by atoms with Crippen LogP contribution in [0.2, 0.25) is 5.15 Å². The van der Waals surface area contributed by atoms with Gasteiger partial charge in [0.15, 0.2) is 0 Å². The summed E-state index contributed by atoms with van der Waals surface area (Å²) in [5, 5.41) is 8.67. The van der Waals surface area contributed by atoms with E-state index in [1.807, 2.05) is 0 Å². The van der Waals surface area contributed by atoms with Crippen molar-refractivity contribution in [2.45, 2.75) is 39.7 Å². The van der Waals surface area contributed by atoms with Crippen LogP contribution in [-0.4, -0.2) is 15.0 Å². The molecule has 4 heteroatoms. The van der Waals surface area contributed by atoms with Crippen LogP contribution in [0.5, 0.6) is 0 Å². The molecular formula is C8H14ClN3. The molecule has 68 valence electrons. The highest BCUT2D eigenvalue weighted by Gasteiger charge is 2.07. The molecule has 0 aliphatic carbocycles. The lowest BCUT2D eigenvalue weighted by Gasteiger charge is -1.97. The minimum Gasteiger partial charge on any atom is -0.234 e. The molecule has 0 aliphatic rings. The van der Waals surface area contributed by atoms with Crippen LogP contribution in [0.15, 0.2) is 0 Å². The summed E-state index contributed by atoms with van der Waals surface area (Å²) in [4.78, 5) is 0. The molecule has 0 amide bonds. The maximum atomic E-state index is 6.02. The van der Waals surface area contributed by atoms with Gasteiger partial charge in [-0.25, -0.2) is 4.68 Å². The summed E-state index contributed by atoms with van der Waals surface area (Å²) in [6, 6.07) is 0. The van der Waals surface area contributed by atoms with E-state index in [0.29, 0.717) is 5.15 Å². The summed E-state index contributed by atoms with van der Waals surface area (Å²) in [7, 11) is 0. The molecule has 12 heavy (non-hydrogen) atoms. The van der Waals surface area contributed by atoms with Gasteiger partial charge in [0.05, 0.1) is 0 Å². The molecule has 0 atom stereocenters. The molecule has 1 rings (SSSR count). The van der Waals surface area contributed by atoms with Gasteiger partial charge in [-0.2, -0.15) is 0 Å². The Balaban J connectivity index is 2.74. The first-order chi connectivity index (χ1) is 5.79. The fourth-order valence-corrected chi connectivity index (χ4v) is 1.33. The number of nitrogens with zero attached hydrogens (tertiary/aromatic N) is 3. The number of aryl methyl sites for hydroxylation is 2. The van der Waals surface area contributed by atoms with Crippen LogP contribution in [0.1, 0.15) is 32.4 Å². The molecule has 0 saturated carbocycles. The van der Waals surface area contributed by atoms with E-state index in [2.05, 4.69) is 24.2 Å². The SMILES string of the molecule is CCCc1nnn(CCC)c1Cl. The summed E-state index contributed by atoms with van der Waals surface area (Å²) in [5.41, 5.74) is 0.924. The van der Waals surface area contributed by atoms with Gasteiger partial charge in [0.2, 0.25) is 0 Å². The molecule has 0 N–H and O–H groups in total. The van der Waals surface area contributed by atoms with Gasteiger partial charge in [-0.05, 0) is 12.8 Å². The van der Waals surface area contributed by atoms with Gasteiger partial charge in [0.25, 0.3) is 0 Å². The zero-order valence-corrected chi connectivity index (χ0v) is 8.30. The Kier molecular flexibility index (Phi) is 3.53. The second-order valence-electron chi connectivity index (χ2n) is 2.80. The molecular weight excluding hydrogens is 174 g/mol. The van der Waals surface area contributed by atoms with E-state index in [0.717, 1.165) is 31.5 Å². The van der Waals surface area contributed by atoms with Gasteiger partial charge < -0.3 is 0 Å². The molecule has 0 aromatic carbocycles. The minimum atomic E-state index is 0.707. The summed E-state index contributed by atoms with van der Waals surface area (Å²) >= 11 is 6.02. The predicted octanol–water partition coefficient (Wildman–Crippen LogP) is 2.29. The van der Waals surface area contributed by atoms with Crippen LogP contribution < -0.4 is 0 Å². The van der Waals surface area contributed by atoms with Gasteiger partial charge in [0.1, 0.15) is 10.8 Å². The Morgan fingerprint density at radius 2 is 2.08 bits per heavy atom. The van der Waals surface area contributed by atoms with Crippen molar-refractivity contribution in [3.8, 4) is 0 Å². The van der Waals surface area contributed by atoms with Crippen molar-refractivity contribution in [3.63, 3.8) is 0 Å². The fraction of sp³-hybridized carbons (Fsp3) is 0.750. The van der Waals surface area contributed by atoms with Crippen molar-refractivity contribution in [2.24, 2.45) is 0 Å². The van der Waals surface area contributed by atoms with E-state index >= 15 is 0 Å². The van der Waals surface area contributed by atoms with Crippen molar-refractivity contribution in [1.82, 2.24) is 15.0 Å². The van der Waals surface area contributed by atoms with Crippen LogP contribution in [-0.2, 0) is 13.0 Å². The van der Waals surface area contributed by atoms with E-state index in [9.17, 15) is 0 Å². The molecule has 0 bridgehead atoms. The number of halogens is 1. The first-order valence-electron chi connectivity index (χ1n) is 4.37. The first-order valence-corrected chi connectivity index (χ1v) is 4.75. The van der Waals surface area contributed by atoms with Crippen molar-refractivity contribution < 1.29 is 0 Å². The molecule has 0 spiro atoms. The highest BCUT2D eigenvalue weighted by atomic mass is 35.5. The zero-order valence-electron chi connectivity index (χ0n) is 7.55. The van der Waals surface area contributed by atoms with Gasteiger partial charge in [-0.15, -0.1) is 5.10 Å². The van der Waals surface area contributed by atoms with Crippen molar-refractivity contribution in [1.29, 1.82) is 0 Å². The molecule has 0 saturated heterocycles. The van der Waals surface area contributed by atoms with Gasteiger partial charge in [-0.3, -0.25) is 0 Å². The average Bonchev–Trinajstić information content (AvgIpc) is 2.38. The summed E-state index contributed by atoms with van der Waals surface area (Å²) in [6.07, 6.45) is 3.02. The quantitative estimate of drug-likeness (QED) is 0.724. The molecule has 0 unspecified atom stereocenters. The largest absolute Gasteiger partial charge is 0.234 e. The maximum Gasteiger partial charge on any atom is 0.150 e. The van der Waals surface area contributed by atoms with Crippen LogP contribution in [0.3, 0.4) is 0 Å². The molecule has 3 nitrogen and oxygen atoms in total. The molecule has 1 aromatic heterocycles.